The zero-order valence-electron chi connectivity index (χ0n) is 8.46. The van der Waals surface area contributed by atoms with E-state index < -0.39 is 0 Å². The summed E-state index contributed by atoms with van der Waals surface area (Å²) in [5, 5.41) is 8.87. The first-order chi connectivity index (χ1) is 6.13. The Balaban J connectivity index is 3.03. The Hall–Kier alpha value is -1.08. The fourth-order valence-corrected chi connectivity index (χ4v) is 1.30. The maximum Gasteiger partial charge on any atom is 0.0642 e. The van der Waals surface area contributed by atoms with Gasteiger partial charge < -0.3 is 5.11 Å². The highest BCUT2D eigenvalue weighted by Gasteiger charge is 1.95. The Labute approximate surface area is 79.7 Å². The largest absolute Gasteiger partial charge is 0.392 e. The van der Waals surface area contributed by atoms with Crippen LogP contribution in [0.15, 0.2) is 23.8 Å². The standard InChI is InChI=1S/C12H16O/c1-9-4-5-12(11(3)6-9)7-10(2)8-13/h4-7,13H,8H2,1-3H3. The van der Waals surface area contributed by atoms with Crippen LogP contribution in [-0.4, -0.2) is 11.7 Å². The van der Waals surface area contributed by atoms with E-state index in [0.29, 0.717) is 0 Å². The molecule has 0 aliphatic heterocycles. The molecule has 1 aromatic carbocycles. The fourth-order valence-electron chi connectivity index (χ4n) is 1.30. The van der Waals surface area contributed by atoms with Crippen LogP contribution in [-0.2, 0) is 0 Å². The first kappa shape index (κ1) is 10.0. The molecule has 0 fully saturated rings. The lowest BCUT2D eigenvalue weighted by atomic mass is 10.0. The van der Waals surface area contributed by atoms with E-state index in [1.807, 2.05) is 13.0 Å². The minimum Gasteiger partial charge on any atom is -0.392 e. The van der Waals surface area contributed by atoms with Crippen molar-refractivity contribution < 1.29 is 5.11 Å². The second-order valence-corrected chi connectivity index (χ2v) is 3.51. The van der Waals surface area contributed by atoms with Gasteiger partial charge in [0, 0.05) is 0 Å². The van der Waals surface area contributed by atoms with Gasteiger partial charge in [-0.25, -0.2) is 0 Å². The van der Waals surface area contributed by atoms with Crippen LogP contribution in [0.2, 0.25) is 0 Å². The number of aliphatic hydroxyl groups is 1. The van der Waals surface area contributed by atoms with Gasteiger partial charge in [-0.2, -0.15) is 0 Å². The van der Waals surface area contributed by atoms with Gasteiger partial charge >= 0.3 is 0 Å². The maximum absolute atomic E-state index is 8.87. The highest BCUT2D eigenvalue weighted by atomic mass is 16.3. The van der Waals surface area contributed by atoms with E-state index >= 15 is 0 Å². The van der Waals surface area contributed by atoms with Crippen molar-refractivity contribution in [2.75, 3.05) is 6.61 Å². The van der Waals surface area contributed by atoms with Crippen molar-refractivity contribution in [2.24, 2.45) is 0 Å². The summed E-state index contributed by atoms with van der Waals surface area (Å²) in [6.45, 7) is 6.23. The molecule has 0 aliphatic rings. The SMILES string of the molecule is CC(=Cc1ccc(C)cc1C)CO. The molecule has 1 N–H and O–H groups in total. The third-order valence-electron chi connectivity index (χ3n) is 2.08. The van der Waals surface area contributed by atoms with Gasteiger partial charge in [0.2, 0.25) is 0 Å². The van der Waals surface area contributed by atoms with Gasteiger partial charge in [-0.15, -0.1) is 0 Å². The summed E-state index contributed by atoms with van der Waals surface area (Å²) in [5.74, 6) is 0. The average molecular weight is 176 g/mol. The second kappa shape index (κ2) is 4.24. The van der Waals surface area contributed by atoms with E-state index in [-0.39, 0.29) is 6.61 Å². The minimum atomic E-state index is 0.132. The van der Waals surface area contributed by atoms with Crippen molar-refractivity contribution in [2.45, 2.75) is 20.8 Å². The maximum atomic E-state index is 8.87. The van der Waals surface area contributed by atoms with Crippen molar-refractivity contribution in [1.29, 1.82) is 0 Å². The van der Waals surface area contributed by atoms with Crippen LogP contribution >= 0.6 is 0 Å². The summed E-state index contributed by atoms with van der Waals surface area (Å²) >= 11 is 0. The lowest BCUT2D eigenvalue weighted by Gasteiger charge is -2.03. The quantitative estimate of drug-likeness (QED) is 0.734. The predicted octanol–water partition coefficient (Wildman–Crippen LogP) is 2.70. The monoisotopic (exact) mass is 176 g/mol. The molecule has 0 aliphatic carbocycles. The third-order valence-corrected chi connectivity index (χ3v) is 2.08. The van der Waals surface area contributed by atoms with Crippen LogP contribution in [0.5, 0.6) is 0 Å². The van der Waals surface area contributed by atoms with Gasteiger partial charge in [-0.3, -0.25) is 0 Å². The molecule has 0 atom stereocenters. The van der Waals surface area contributed by atoms with Gasteiger partial charge in [-0.1, -0.05) is 29.8 Å². The van der Waals surface area contributed by atoms with Crippen LogP contribution in [0.25, 0.3) is 6.08 Å². The van der Waals surface area contributed by atoms with Crippen LogP contribution in [0.3, 0.4) is 0 Å². The number of hydrogen-bond donors (Lipinski definition) is 1. The molecule has 0 aromatic heterocycles. The lowest BCUT2D eigenvalue weighted by molar-refractivity contribution is 0.332. The molecule has 0 amide bonds. The zero-order valence-corrected chi connectivity index (χ0v) is 8.46. The Bertz CT molecular complexity index is 324. The molecule has 0 radical (unpaired) electrons. The summed E-state index contributed by atoms with van der Waals surface area (Å²) in [7, 11) is 0. The number of hydrogen-bond acceptors (Lipinski definition) is 1. The van der Waals surface area contributed by atoms with Crippen molar-refractivity contribution in [3.63, 3.8) is 0 Å². The number of aliphatic hydroxyl groups excluding tert-OH is 1. The topological polar surface area (TPSA) is 20.2 Å². The molecule has 0 saturated heterocycles. The van der Waals surface area contributed by atoms with Crippen molar-refractivity contribution in [3.05, 3.63) is 40.5 Å². The van der Waals surface area contributed by atoms with Gasteiger partial charge in [0.1, 0.15) is 0 Å². The molecule has 70 valence electrons. The summed E-state index contributed by atoms with van der Waals surface area (Å²) < 4.78 is 0. The van der Waals surface area contributed by atoms with E-state index in [4.69, 9.17) is 5.11 Å². The number of aryl methyl sites for hydroxylation is 2. The average Bonchev–Trinajstić information content (AvgIpc) is 2.09. The van der Waals surface area contributed by atoms with Gasteiger partial charge in [0.15, 0.2) is 0 Å². The molecular weight excluding hydrogens is 160 g/mol. The first-order valence-corrected chi connectivity index (χ1v) is 4.49. The van der Waals surface area contributed by atoms with Gasteiger partial charge in [0.05, 0.1) is 6.61 Å². The molecule has 1 nitrogen and oxygen atoms in total. The van der Waals surface area contributed by atoms with Crippen molar-refractivity contribution >= 4 is 6.08 Å². The summed E-state index contributed by atoms with van der Waals surface area (Å²) in [5.41, 5.74) is 4.72. The first-order valence-electron chi connectivity index (χ1n) is 4.49. The van der Waals surface area contributed by atoms with Crippen molar-refractivity contribution in [1.82, 2.24) is 0 Å². The molecule has 0 bridgehead atoms. The molecular formula is C12H16O. The molecule has 0 heterocycles. The normalized spacial score (nSPS) is 11.8. The van der Waals surface area contributed by atoms with Crippen LogP contribution in [0, 0.1) is 13.8 Å². The highest BCUT2D eigenvalue weighted by Crippen LogP contribution is 2.13. The minimum absolute atomic E-state index is 0.132. The Morgan fingerprint density at radius 2 is 2.08 bits per heavy atom. The van der Waals surface area contributed by atoms with E-state index in [1.54, 1.807) is 0 Å². The Morgan fingerprint density at radius 1 is 1.38 bits per heavy atom. The van der Waals surface area contributed by atoms with Gasteiger partial charge in [0.25, 0.3) is 0 Å². The van der Waals surface area contributed by atoms with E-state index in [0.717, 1.165) is 5.57 Å². The fraction of sp³-hybridized carbons (Fsp3) is 0.333. The smallest absolute Gasteiger partial charge is 0.0642 e. The molecule has 13 heavy (non-hydrogen) atoms. The van der Waals surface area contributed by atoms with Crippen LogP contribution < -0.4 is 0 Å². The molecule has 1 heteroatoms. The highest BCUT2D eigenvalue weighted by molar-refractivity contribution is 5.56. The zero-order chi connectivity index (χ0) is 9.84. The lowest BCUT2D eigenvalue weighted by Crippen LogP contribution is -1.87. The summed E-state index contributed by atoms with van der Waals surface area (Å²) in [6, 6.07) is 6.32. The van der Waals surface area contributed by atoms with Gasteiger partial charge in [-0.05, 0) is 37.5 Å². The van der Waals surface area contributed by atoms with Crippen LogP contribution in [0.4, 0.5) is 0 Å². The molecule has 0 unspecified atom stereocenters. The summed E-state index contributed by atoms with van der Waals surface area (Å²) in [6.07, 6.45) is 2.02. The predicted molar refractivity (Wildman–Crippen MR) is 56.7 cm³/mol. The summed E-state index contributed by atoms with van der Waals surface area (Å²) in [4.78, 5) is 0. The Morgan fingerprint density at radius 3 is 2.62 bits per heavy atom. The van der Waals surface area contributed by atoms with E-state index in [9.17, 15) is 0 Å². The number of benzene rings is 1. The molecule has 1 rings (SSSR count). The van der Waals surface area contributed by atoms with Crippen molar-refractivity contribution in [3.8, 4) is 0 Å². The Kier molecular flexibility index (Phi) is 3.26. The molecule has 0 saturated carbocycles. The molecule has 0 spiro atoms. The second-order valence-electron chi connectivity index (χ2n) is 3.51. The number of rotatable bonds is 2. The molecule has 1 aromatic rings. The van der Waals surface area contributed by atoms with Crippen LogP contribution in [0.1, 0.15) is 23.6 Å². The van der Waals surface area contributed by atoms with E-state index in [1.165, 1.54) is 16.7 Å². The van der Waals surface area contributed by atoms with E-state index in [2.05, 4.69) is 32.0 Å². The third kappa shape index (κ3) is 2.71.